The second-order valence-corrected chi connectivity index (χ2v) is 5.16. The Morgan fingerprint density at radius 2 is 1.71 bits per heavy atom. The summed E-state index contributed by atoms with van der Waals surface area (Å²) < 4.78 is 1.48. The third kappa shape index (κ3) is 2.38. The second kappa shape index (κ2) is 5.54. The van der Waals surface area contributed by atoms with E-state index >= 15 is 0 Å². The van der Waals surface area contributed by atoms with Crippen molar-refractivity contribution in [3.05, 3.63) is 77.2 Å². The molecule has 0 amide bonds. The standard InChI is InChI=1S/C17H11N5O2/c23-22(24)17-8-4-3-7-16(17)21-11-12(9-19-21)15-10-18-13-5-1-2-6-14(13)20-15/h1-11H. The van der Waals surface area contributed by atoms with Crippen molar-refractivity contribution in [2.45, 2.75) is 0 Å². The Hall–Kier alpha value is -3.61. The highest BCUT2D eigenvalue weighted by molar-refractivity contribution is 5.76. The molecule has 7 heteroatoms. The van der Waals surface area contributed by atoms with Gasteiger partial charge >= 0.3 is 0 Å². The van der Waals surface area contributed by atoms with Crippen molar-refractivity contribution in [3.8, 4) is 16.9 Å². The van der Waals surface area contributed by atoms with E-state index in [1.54, 1.807) is 36.8 Å². The van der Waals surface area contributed by atoms with Gasteiger partial charge in [0.15, 0.2) is 0 Å². The molecule has 0 fully saturated rings. The van der Waals surface area contributed by atoms with Gasteiger partial charge in [-0.1, -0.05) is 24.3 Å². The number of hydrogen-bond donors (Lipinski definition) is 0. The lowest BCUT2D eigenvalue weighted by atomic mass is 10.2. The largest absolute Gasteiger partial charge is 0.294 e. The van der Waals surface area contributed by atoms with Crippen LogP contribution in [0.5, 0.6) is 0 Å². The molecule has 2 aromatic heterocycles. The monoisotopic (exact) mass is 317 g/mol. The summed E-state index contributed by atoms with van der Waals surface area (Å²) in [6.45, 7) is 0. The van der Waals surface area contributed by atoms with Crippen LogP contribution in [-0.4, -0.2) is 24.7 Å². The molecule has 0 radical (unpaired) electrons. The Morgan fingerprint density at radius 1 is 0.958 bits per heavy atom. The van der Waals surface area contributed by atoms with Gasteiger partial charge in [0.05, 0.1) is 34.0 Å². The number of fused-ring (bicyclic) bond motifs is 1. The molecule has 0 aliphatic heterocycles. The van der Waals surface area contributed by atoms with Crippen LogP contribution in [0, 0.1) is 10.1 Å². The van der Waals surface area contributed by atoms with Gasteiger partial charge in [0.1, 0.15) is 5.69 Å². The van der Waals surface area contributed by atoms with Gasteiger partial charge in [0.2, 0.25) is 0 Å². The summed E-state index contributed by atoms with van der Waals surface area (Å²) >= 11 is 0. The SMILES string of the molecule is O=[N+]([O-])c1ccccc1-n1cc(-c2cnc3ccccc3n2)cn1. The van der Waals surface area contributed by atoms with E-state index in [-0.39, 0.29) is 5.69 Å². The Morgan fingerprint density at radius 3 is 2.54 bits per heavy atom. The molecular formula is C17H11N5O2. The van der Waals surface area contributed by atoms with Crippen molar-refractivity contribution in [3.63, 3.8) is 0 Å². The smallest absolute Gasteiger partial charge is 0.258 e. The number of aromatic nitrogens is 4. The summed E-state index contributed by atoms with van der Waals surface area (Å²) in [5, 5.41) is 15.4. The molecule has 4 rings (SSSR count). The van der Waals surface area contributed by atoms with E-state index in [1.807, 2.05) is 24.3 Å². The number of nitrogens with zero attached hydrogens (tertiary/aromatic N) is 5. The van der Waals surface area contributed by atoms with Crippen LogP contribution in [0.1, 0.15) is 0 Å². The van der Waals surface area contributed by atoms with Crippen molar-refractivity contribution in [2.75, 3.05) is 0 Å². The van der Waals surface area contributed by atoms with Crippen molar-refractivity contribution in [1.29, 1.82) is 0 Å². The van der Waals surface area contributed by atoms with E-state index in [2.05, 4.69) is 15.1 Å². The zero-order chi connectivity index (χ0) is 16.5. The van der Waals surface area contributed by atoms with Gasteiger partial charge in [-0.2, -0.15) is 5.10 Å². The lowest BCUT2D eigenvalue weighted by Gasteiger charge is -2.02. The normalized spacial score (nSPS) is 10.8. The molecule has 0 aliphatic carbocycles. The maximum atomic E-state index is 11.2. The minimum absolute atomic E-state index is 0.00301. The van der Waals surface area contributed by atoms with Crippen LogP contribution < -0.4 is 0 Å². The number of para-hydroxylation sites is 4. The first kappa shape index (κ1) is 14.0. The zero-order valence-corrected chi connectivity index (χ0v) is 12.4. The van der Waals surface area contributed by atoms with Gasteiger partial charge in [-0.3, -0.25) is 15.1 Å². The minimum atomic E-state index is -0.424. The lowest BCUT2D eigenvalue weighted by molar-refractivity contribution is -0.384. The van der Waals surface area contributed by atoms with E-state index in [0.29, 0.717) is 11.4 Å². The maximum absolute atomic E-state index is 11.2. The van der Waals surface area contributed by atoms with Gasteiger partial charge in [-0.25, -0.2) is 9.67 Å². The fourth-order valence-corrected chi connectivity index (χ4v) is 2.50. The average molecular weight is 317 g/mol. The Kier molecular flexibility index (Phi) is 3.24. The molecule has 0 unspecified atom stereocenters. The summed E-state index contributed by atoms with van der Waals surface area (Å²) in [5.41, 5.74) is 3.41. The molecule has 0 saturated carbocycles. The number of rotatable bonds is 3. The van der Waals surface area contributed by atoms with Gasteiger partial charge in [-0.15, -0.1) is 0 Å². The predicted octanol–water partition coefficient (Wildman–Crippen LogP) is 3.39. The van der Waals surface area contributed by atoms with Crippen molar-refractivity contribution in [2.24, 2.45) is 0 Å². The van der Waals surface area contributed by atoms with Gasteiger partial charge in [0, 0.05) is 17.8 Å². The lowest BCUT2D eigenvalue weighted by Crippen LogP contribution is -1.99. The quantitative estimate of drug-likeness (QED) is 0.427. The summed E-state index contributed by atoms with van der Waals surface area (Å²) in [7, 11) is 0. The molecule has 0 saturated heterocycles. The molecule has 7 nitrogen and oxygen atoms in total. The van der Waals surface area contributed by atoms with E-state index in [1.165, 1.54) is 10.7 Å². The number of benzene rings is 2. The van der Waals surface area contributed by atoms with E-state index in [0.717, 1.165) is 16.6 Å². The number of hydrogen-bond acceptors (Lipinski definition) is 5. The van der Waals surface area contributed by atoms with Crippen LogP contribution in [-0.2, 0) is 0 Å². The van der Waals surface area contributed by atoms with Crippen LogP contribution >= 0.6 is 0 Å². The zero-order valence-electron chi connectivity index (χ0n) is 12.4. The van der Waals surface area contributed by atoms with E-state index in [9.17, 15) is 10.1 Å². The Balaban J connectivity index is 1.78. The molecule has 0 atom stereocenters. The highest BCUT2D eigenvalue weighted by Crippen LogP contribution is 2.24. The summed E-state index contributed by atoms with van der Waals surface area (Å²) in [6.07, 6.45) is 5.00. The molecule has 2 aromatic carbocycles. The highest BCUT2D eigenvalue weighted by Gasteiger charge is 2.15. The van der Waals surface area contributed by atoms with E-state index < -0.39 is 4.92 Å². The van der Waals surface area contributed by atoms with Crippen molar-refractivity contribution < 1.29 is 4.92 Å². The predicted molar refractivity (Wildman–Crippen MR) is 88.8 cm³/mol. The molecule has 0 aliphatic rings. The summed E-state index contributed by atoms with van der Waals surface area (Å²) in [4.78, 5) is 19.7. The Labute approximate surface area is 136 Å². The molecular weight excluding hydrogens is 306 g/mol. The highest BCUT2D eigenvalue weighted by atomic mass is 16.6. The van der Waals surface area contributed by atoms with Crippen molar-refractivity contribution in [1.82, 2.24) is 19.7 Å². The third-order valence-corrected chi connectivity index (χ3v) is 3.65. The van der Waals surface area contributed by atoms with Crippen LogP contribution in [0.4, 0.5) is 5.69 Å². The molecule has 116 valence electrons. The minimum Gasteiger partial charge on any atom is -0.258 e. The topological polar surface area (TPSA) is 86.7 Å². The van der Waals surface area contributed by atoms with Gasteiger partial charge < -0.3 is 0 Å². The van der Waals surface area contributed by atoms with Crippen molar-refractivity contribution >= 4 is 16.7 Å². The first-order valence-corrected chi connectivity index (χ1v) is 7.23. The van der Waals surface area contributed by atoms with Crippen LogP contribution in [0.25, 0.3) is 28.0 Å². The van der Waals surface area contributed by atoms with Gasteiger partial charge in [0.25, 0.3) is 5.69 Å². The fraction of sp³-hybridized carbons (Fsp3) is 0. The average Bonchev–Trinajstić information content (AvgIpc) is 3.11. The number of nitro benzene ring substituents is 1. The molecule has 4 aromatic rings. The Bertz CT molecular complexity index is 1060. The molecule has 2 heterocycles. The summed E-state index contributed by atoms with van der Waals surface area (Å²) in [6, 6.07) is 14.1. The molecule has 0 bridgehead atoms. The fourth-order valence-electron chi connectivity index (χ4n) is 2.50. The van der Waals surface area contributed by atoms with Crippen LogP contribution in [0.2, 0.25) is 0 Å². The first-order valence-electron chi connectivity index (χ1n) is 7.23. The third-order valence-electron chi connectivity index (χ3n) is 3.65. The van der Waals surface area contributed by atoms with Crippen LogP contribution in [0.3, 0.4) is 0 Å². The molecule has 0 spiro atoms. The van der Waals surface area contributed by atoms with E-state index in [4.69, 9.17) is 0 Å². The second-order valence-electron chi connectivity index (χ2n) is 5.16. The molecule has 24 heavy (non-hydrogen) atoms. The van der Waals surface area contributed by atoms with Crippen LogP contribution in [0.15, 0.2) is 67.1 Å². The van der Waals surface area contributed by atoms with Gasteiger partial charge in [-0.05, 0) is 18.2 Å². The number of nitro groups is 1. The first-order chi connectivity index (χ1) is 11.7. The molecule has 0 N–H and O–H groups in total. The maximum Gasteiger partial charge on any atom is 0.294 e. The summed E-state index contributed by atoms with van der Waals surface area (Å²) in [5.74, 6) is 0.